The number of fused-ring (bicyclic) bond motifs is 1. The number of hydrogen-bond donors (Lipinski definition) is 1. The molecule has 1 saturated heterocycles. The van der Waals surface area contributed by atoms with Crippen LogP contribution < -0.4 is 5.32 Å². The largest absolute Gasteiger partial charge is 0.311 e. The fourth-order valence-electron chi connectivity index (χ4n) is 3.85. The summed E-state index contributed by atoms with van der Waals surface area (Å²) in [5.41, 5.74) is 0. The van der Waals surface area contributed by atoms with Gasteiger partial charge in [0.15, 0.2) is 5.82 Å². The average Bonchev–Trinajstić information content (AvgIpc) is 2.74. The van der Waals surface area contributed by atoms with Gasteiger partial charge in [0.05, 0.1) is 6.04 Å². The molecule has 0 bridgehead atoms. The van der Waals surface area contributed by atoms with Crippen molar-refractivity contribution in [3.8, 4) is 0 Å². The molecule has 1 N–H and O–H groups in total. The summed E-state index contributed by atoms with van der Waals surface area (Å²) in [6.45, 7) is 3.28. The SMILES string of the molecule is Cc1nnc(C2NCC3CCCC32)n1C1CC1. The second-order valence-corrected chi connectivity index (χ2v) is 5.95. The maximum atomic E-state index is 4.47. The fourth-order valence-corrected chi connectivity index (χ4v) is 3.85. The summed E-state index contributed by atoms with van der Waals surface area (Å²) < 4.78 is 2.40. The van der Waals surface area contributed by atoms with Crippen LogP contribution in [-0.4, -0.2) is 21.3 Å². The van der Waals surface area contributed by atoms with E-state index in [1.807, 2.05) is 0 Å². The highest BCUT2D eigenvalue weighted by Gasteiger charge is 2.43. The van der Waals surface area contributed by atoms with Crippen molar-refractivity contribution in [1.29, 1.82) is 0 Å². The number of aryl methyl sites for hydroxylation is 1. The topological polar surface area (TPSA) is 42.7 Å². The van der Waals surface area contributed by atoms with Crippen LogP contribution in [0.2, 0.25) is 0 Å². The smallest absolute Gasteiger partial charge is 0.150 e. The van der Waals surface area contributed by atoms with Crippen LogP contribution in [0.25, 0.3) is 0 Å². The zero-order chi connectivity index (χ0) is 11.4. The molecule has 0 amide bonds. The fraction of sp³-hybridized carbons (Fsp3) is 0.846. The monoisotopic (exact) mass is 232 g/mol. The lowest BCUT2D eigenvalue weighted by Crippen LogP contribution is -2.22. The van der Waals surface area contributed by atoms with Crippen molar-refractivity contribution >= 4 is 0 Å². The van der Waals surface area contributed by atoms with Crippen LogP contribution in [-0.2, 0) is 0 Å². The van der Waals surface area contributed by atoms with Crippen molar-refractivity contribution in [2.75, 3.05) is 6.54 Å². The second-order valence-electron chi connectivity index (χ2n) is 5.95. The third-order valence-corrected chi connectivity index (χ3v) is 4.83. The third kappa shape index (κ3) is 1.46. The molecule has 1 aliphatic heterocycles. The van der Waals surface area contributed by atoms with E-state index >= 15 is 0 Å². The van der Waals surface area contributed by atoms with E-state index in [1.165, 1.54) is 44.5 Å². The van der Waals surface area contributed by atoms with Gasteiger partial charge in [0.1, 0.15) is 5.82 Å². The zero-order valence-corrected chi connectivity index (χ0v) is 10.4. The Kier molecular flexibility index (Phi) is 2.10. The normalized spacial score (nSPS) is 36.4. The molecule has 17 heavy (non-hydrogen) atoms. The van der Waals surface area contributed by atoms with Gasteiger partial charge in [-0.25, -0.2) is 0 Å². The van der Waals surface area contributed by atoms with Crippen molar-refractivity contribution in [3.05, 3.63) is 11.6 Å². The van der Waals surface area contributed by atoms with E-state index in [9.17, 15) is 0 Å². The third-order valence-electron chi connectivity index (χ3n) is 4.83. The minimum atomic E-state index is 0.476. The Hall–Kier alpha value is -0.900. The summed E-state index contributed by atoms with van der Waals surface area (Å²) in [5.74, 6) is 4.03. The second kappa shape index (κ2) is 3.55. The lowest BCUT2D eigenvalue weighted by atomic mass is 9.93. The van der Waals surface area contributed by atoms with Crippen LogP contribution in [0.1, 0.15) is 55.8 Å². The van der Waals surface area contributed by atoms with Crippen LogP contribution in [0.15, 0.2) is 0 Å². The first kappa shape index (κ1) is 10.1. The van der Waals surface area contributed by atoms with Crippen molar-refractivity contribution in [2.24, 2.45) is 11.8 Å². The van der Waals surface area contributed by atoms with E-state index in [0.717, 1.165) is 17.7 Å². The Labute approximate surface area is 102 Å². The molecular formula is C13H20N4. The Morgan fingerprint density at radius 1 is 1.18 bits per heavy atom. The molecule has 2 heterocycles. The van der Waals surface area contributed by atoms with Crippen LogP contribution in [0.4, 0.5) is 0 Å². The van der Waals surface area contributed by atoms with Gasteiger partial charge in [-0.05, 0) is 51.0 Å². The first-order valence-electron chi connectivity index (χ1n) is 6.99. The number of rotatable bonds is 2. The Bertz CT molecular complexity index is 435. The molecule has 3 fully saturated rings. The number of hydrogen-bond acceptors (Lipinski definition) is 3. The van der Waals surface area contributed by atoms with Crippen molar-refractivity contribution in [1.82, 2.24) is 20.1 Å². The summed E-state index contributed by atoms with van der Waals surface area (Å²) in [6.07, 6.45) is 6.81. The molecule has 3 aliphatic rings. The molecule has 2 aliphatic carbocycles. The van der Waals surface area contributed by atoms with E-state index in [0.29, 0.717) is 12.1 Å². The highest BCUT2D eigenvalue weighted by atomic mass is 15.3. The summed E-state index contributed by atoms with van der Waals surface area (Å²) >= 11 is 0. The number of nitrogens with one attached hydrogen (secondary N) is 1. The Morgan fingerprint density at radius 3 is 2.88 bits per heavy atom. The van der Waals surface area contributed by atoms with E-state index in [4.69, 9.17) is 0 Å². The molecule has 4 heteroatoms. The van der Waals surface area contributed by atoms with Gasteiger partial charge in [0.2, 0.25) is 0 Å². The lowest BCUT2D eigenvalue weighted by molar-refractivity contribution is 0.394. The molecule has 0 aromatic carbocycles. The van der Waals surface area contributed by atoms with Crippen molar-refractivity contribution in [3.63, 3.8) is 0 Å². The zero-order valence-electron chi connectivity index (χ0n) is 10.4. The summed E-state index contributed by atoms with van der Waals surface area (Å²) in [4.78, 5) is 0. The number of aromatic nitrogens is 3. The summed E-state index contributed by atoms with van der Waals surface area (Å²) in [5, 5.41) is 12.5. The first-order valence-corrected chi connectivity index (χ1v) is 6.99. The quantitative estimate of drug-likeness (QED) is 0.848. The molecule has 3 atom stereocenters. The molecule has 2 saturated carbocycles. The molecule has 4 rings (SSSR count). The molecule has 1 aromatic rings. The van der Waals surface area contributed by atoms with E-state index < -0.39 is 0 Å². The van der Waals surface area contributed by atoms with E-state index in [1.54, 1.807) is 0 Å². The summed E-state index contributed by atoms with van der Waals surface area (Å²) in [6, 6.07) is 1.17. The number of nitrogens with zero attached hydrogens (tertiary/aromatic N) is 3. The molecule has 3 unspecified atom stereocenters. The van der Waals surface area contributed by atoms with Gasteiger partial charge >= 0.3 is 0 Å². The highest BCUT2D eigenvalue weighted by molar-refractivity contribution is 5.11. The maximum absolute atomic E-state index is 4.47. The lowest BCUT2D eigenvalue weighted by Gasteiger charge is -2.18. The molecule has 0 radical (unpaired) electrons. The van der Waals surface area contributed by atoms with Gasteiger partial charge in [0.25, 0.3) is 0 Å². The van der Waals surface area contributed by atoms with E-state index in [-0.39, 0.29) is 0 Å². The highest BCUT2D eigenvalue weighted by Crippen LogP contribution is 2.46. The molecular weight excluding hydrogens is 212 g/mol. The molecule has 0 spiro atoms. The Morgan fingerprint density at radius 2 is 2.06 bits per heavy atom. The van der Waals surface area contributed by atoms with Gasteiger partial charge in [-0.15, -0.1) is 10.2 Å². The molecule has 4 nitrogen and oxygen atoms in total. The van der Waals surface area contributed by atoms with Crippen LogP contribution in [0.5, 0.6) is 0 Å². The van der Waals surface area contributed by atoms with Gasteiger partial charge in [-0.3, -0.25) is 0 Å². The maximum Gasteiger partial charge on any atom is 0.150 e. The van der Waals surface area contributed by atoms with Gasteiger partial charge in [-0.2, -0.15) is 0 Å². The van der Waals surface area contributed by atoms with Crippen LogP contribution in [0.3, 0.4) is 0 Å². The predicted octanol–water partition coefficient (Wildman–Crippen LogP) is 1.98. The van der Waals surface area contributed by atoms with Gasteiger partial charge in [-0.1, -0.05) is 6.42 Å². The van der Waals surface area contributed by atoms with Gasteiger partial charge in [0, 0.05) is 6.04 Å². The minimum Gasteiger partial charge on any atom is -0.311 e. The molecule has 1 aromatic heterocycles. The van der Waals surface area contributed by atoms with Crippen molar-refractivity contribution in [2.45, 2.75) is 51.1 Å². The summed E-state index contributed by atoms with van der Waals surface area (Å²) in [7, 11) is 0. The standard InChI is InChI=1S/C13H20N4/c1-8-15-16-13(17(8)10-5-6-10)12-11-4-2-3-9(11)7-14-12/h9-12,14H,2-7H2,1H3. The van der Waals surface area contributed by atoms with E-state index in [2.05, 4.69) is 27.0 Å². The van der Waals surface area contributed by atoms with Crippen LogP contribution in [0, 0.1) is 18.8 Å². The minimum absolute atomic E-state index is 0.476. The molecule has 92 valence electrons. The first-order chi connectivity index (χ1) is 8.34. The average molecular weight is 232 g/mol. The van der Waals surface area contributed by atoms with Crippen LogP contribution >= 0.6 is 0 Å². The Balaban J connectivity index is 1.70. The van der Waals surface area contributed by atoms with Gasteiger partial charge < -0.3 is 9.88 Å². The van der Waals surface area contributed by atoms with Crippen molar-refractivity contribution < 1.29 is 0 Å². The predicted molar refractivity (Wildman–Crippen MR) is 64.6 cm³/mol.